The van der Waals surface area contributed by atoms with Crippen molar-refractivity contribution in [3.63, 3.8) is 0 Å². The molecular formula is C21H26O6. The Bertz CT molecular complexity index is 901. The van der Waals surface area contributed by atoms with E-state index < -0.39 is 17.0 Å². The van der Waals surface area contributed by atoms with Crippen molar-refractivity contribution in [1.29, 1.82) is 0 Å². The van der Waals surface area contributed by atoms with Gasteiger partial charge in [-0.1, -0.05) is 6.92 Å². The molecule has 0 aliphatic carbocycles. The minimum absolute atomic E-state index is 0.168. The van der Waals surface area contributed by atoms with Crippen LogP contribution in [0.25, 0.3) is 11.0 Å². The Morgan fingerprint density at radius 3 is 2.48 bits per heavy atom. The predicted molar refractivity (Wildman–Crippen MR) is 102 cm³/mol. The third kappa shape index (κ3) is 5.42. The topological polar surface area (TPSA) is 82.8 Å². The van der Waals surface area contributed by atoms with E-state index in [1.807, 2.05) is 6.92 Å². The maximum atomic E-state index is 12.3. The maximum Gasteiger partial charge on any atom is 0.336 e. The Morgan fingerprint density at radius 2 is 1.85 bits per heavy atom. The number of aryl methyl sites for hydroxylation is 2. The lowest BCUT2D eigenvalue weighted by atomic mass is 9.97. The van der Waals surface area contributed by atoms with E-state index in [0.717, 1.165) is 17.4 Å². The van der Waals surface area contributed by atoms with Gasteiger partial charge in [-0.2, -0.15) is 0 Å². The second kappa shape index (κ2) is 8.37. The van der Waals surface area contributed by atoms with Crippen molar-refractivity contribution in [3.05, 3.63) is 39.7 Å². The van der Waals surface area contributed by atoms with Crippen LogP contribution in [0.5, 0.6) is 5.75 Å². The van der Waals surface area contributed by atoms with Gasteiger partial charge in [-0.25, -0.2) is 4.79 Å². The van der Waals surface area contributed by atoms with Gasteiger partial charge in [0, 0.05) is 23.9 Å². The Balaban J connectivity index is 2.41. The molecule has 2 aromatic rings. The lowest BCUT2D eigenvalue weighted by Crippen LogP contribution is -2.26. The van der Waals surface area contributed by atoms with Crippen LogP contribution in [-0.2, 0) is 20.7 Å². The zero-order chi connectivity index (χ0) is 20.2. The zero-order valence-corrected chi connectivity index (χ0v) is 16.5. The van der Waals surface area contributed by atoms with Crippen LogP contribution in [0.3, 0.4) is 0 Å². The fraction of sp³-hybridized carbons (Fsp3) is 0.476. The standard InChI is InChI=1S/C21H26O6/c1-6-9-25-18(22)8-7-14-11-15-13(2)10-19(23)26-17(15)12-16(14)27-20(24)21(3,4)5/h10-12H,6-9H2,1-5H3. The smallest absolute Gasteiger partial charge is 0.336 e. The Hall–Kier alpha value is -2.63. The van der Waals surface area contributed by atoms with E-state index in [0.29, 0.717) is 29.9 Å². The highest BCUT2D eigenvalue weighted by atomic mass is 16.5. The van der Waals surface area contributed by atoms with Crippen LogP contribution >= 0.6 is 0 Å². The number of carbonyl (C=O) groups excluding carboxylic acids is 2. The summed E-state index contributed by atoms with van der Waals surface area (Å²) in [7, 11) is 0. The average molecular weight is 374 g/mol. The van der Waals surface area contributed by atoms with E-state index in [1.54, 1.807) is 39.8 Å². The first-order valence-electron chi connectivity index (χ1n) is 9.07. The third-order valence-corrected chi connectivity index (χ3v) is 4.01. The van der Waals surface area contributed by atoms with Gasteiger partial charge in [0.1, 0.15) is 11.3 Å². The summed E-state index contributed by atoms with van der Waals surface area (Å²) in [6.07, 6.45) is 1.28. The molecule has 0 spiro atoms. The first-order chi connectivity index (χ1) is 12.6. The lowest BCUT2D eigenvalue weighted by molar-refractivity contribution is -0.143. The highest BCUT2D eigenvalue weighted by Gasteiger charge is 2.25. The number of hydrogen-bond donors (Lipinski definition) is 0. The monoisotopic (exact) mass is 374 g/mol. The van der Waals surface area contributed by atoms with Gasteiger partial charge in [0.25, 0.3) is 0 Å². The molecule has 0 aliphatic rings. The highest BCUT2D eigenvalue weighted by molar-refractivity contribution is 5.85. The Labute approximate surface area is 158 Å². The zero-order valence-electron chi connectivity index (χ0n) is 16.5. The molecule has 1 aromatic heterocycles. The number of ether oxygens (including phenoxy) is 2. The minimum Gasteiger partial charge on any atom is -0.466 e. The summed E-state index contributed by atoms with van der Waals surface area (Å²) in [5.74, 6) is -0.424. The van der Waals surface area contributed by atoms with Crippen molar-refractivity contribution in [2.75, 3.05) is 6.61 Å². The van der Waals surface area contributed by atoms with Crippen molar-refractivity contribution in [1.82, 2.24) is 0 Å². The molecule has 6 heteroatoms. The summed E-state index contributed by atoms with van der Waals surface area (Å²) in [6.45, 7) is 9.37. The van der Waals surface area contributed by atoms with Gasteiger partial charge in [-0.3, -0.25) is 9.59 Å². The van der Waals surface area contributed by atoms with Crippen LogP contribution in [0.2, 0.25) is 0 Å². The lowest BCUT2D eigenvalue weighted by Gasteiger charge is -2.18. The largest absolute Gasteiger partial charge is 0.466 e. The summed E-state index contributed by atoms with van der Waals surface area (Å²) in [4.78, 5) is 35.8. The minimum atomic E-state index is -0.695. The van der Waals surface area contributed by atoms with E-state index >= 15 is 0 Å². The van der Waals surface area contributed by atoms with E-state index in [2.05, 4.69) is 0 Å². The summed E-state index contributed by atoms with van der Waals surface area (Å²) < 4.78 is 15.9. The number of hydrogen-bond acceptors (Lipinski definition) is 6. The van der Waals surface area contributed by atoms with E-state index in [1.165, 1.54) is 6.07 Å². The van der Waals surface area contributed by atoms with Crippen molar-refractivity contribution < 1.29 is 23.5 Å². The maximum absolute atomic E-state index is 12.3. The van der Waals surface area contributed by atoms with Crippen molar-refractivity contribution in [2.45, 2.75) is 53.9 Å². The van der Waals surface area contributed by atoms with Gasteiger partial charge in [-0.15, -0.1) is 0 Å². The first kappa shape index (κ1) is 20.7. The van der Waals surface area contributed by atoms with Gasteiger partial charge in [0.2, 0.25) is 0 Å². The Kier molecular flexibility index (Phi) is 6.41. The van der Waals surface area contributed by atoms with Crippen molar-refractivity contribution >= 4 is 22.9 Å². The summed E-state index contributed by atoms with van der Waals surface area (Å²) >= 11 is 0. The van der Waals surface area contributed by atoms with Gasteiger partial charge < -0.3 is 13.9 Å². The van der Waals surface area contributed by atoms with Crippen LogP contribution in [0.1, 0.15) is 51.7 Å². The molecule has 27 heavy (non-hydrogen) atoms. The summed E-state index contributed by atoms with van der Waals surface area (Å²) in [5.41, 5.74) is 0.618. The quantitative estimate of drug-likeness (QED) is 0.433. The number of carbonyl (C=O) groups is 2. The van der Waals surface area contributed by atoms with Crippen LogP contribution < -0.4 is 10.4 Å². The fourth-order valence-corrected chi connectivity index (χ4v) is 2.46. The third-order valence-electron chi connectivity index (χ3n) is 4.01. The molecule has 0 radical (unpaired) electrons. The molecule has 0 bridgehead atoms. The second-order valence-electron chi connectivity index (χ2n) is 7.56. The van der Waals surface area contributed by atoms with Gasteiger partial charge in [0.05, 0.1) is 12.0 Å². The normalized spacial score (nSPS) is 11.4. The molecule has 0 aliphatic heterocycles. The molecule has 0 unspecified atom stereocenters. The number of benzene rings is 1. The molecule has 0 saturated carbocycles. The molecule has 6 nitrogen and oxygen atoms in total. The van der Waals surface area contributed by atoms with Crippen molar-refractivity contribution in [2.24, 2.45) is 5.41 Å². The van der Waals surface area contributed by atoms with Gasteiger partial charge in [0.15, 0.2) is 0 Å². The summed E-state index contributed by atoms with van der Waals surface area (Å²) in [5, 5.41) is 0.738. The van der Waals surface area contributed by atoms with Crippen LogP contribution in [-0.4, -0.2) is 18.5 Å². The molecule has 1 aromatic carbocycles. The molecule has 1 heterocycles. The summed E-state index contributed by atoms with van der Waals surface area (Å²) in [6, 6.07) is 4.74. The molecule has 146 valence electrons. The molecule has 0 saturated heterocycles. The second-order valence-corrected chi connectivity index (χ2v) is 7.56. The number of rotatable bonds is 6. The van der Waals surface area contributed by atoms with Gasteiger partial charge in [-0.05, 0) is 57.7 Å². The average Bonchev–Trinajstić information content (AvgIpc) is 2.57. The fourth-order valence-electron chi connectivity index (χ4n) is 2.46. The molecular weight excluding hydrogens is 348 g/mol. The highest BCUT2D eigenvalue weighted by Crippen LogP contribution is 2.30. The molecule has 0 amide bonds. The van der Waals surface area contributed by atoms with E-state index in [4.69, 9.17) is 13.9 Å². The van der Waals surface area contributed by atoms with Crippen molar-refractivity contribution in [3.8, 4) is 5.75 Å². The van der Waals surface area contributed by atoms with E-state index in [-0.39, 0.29) is 12.4 Å². The SMILES string of the molecule is CCCOC(=O)CCc1cc2c(C)cc(=O)oc2cc1OC(=O)C(C)(C)C. The molecule has 0 atom stereocenters. The van der Waals surface area contributed by atoms with E-state index in [9.17, 15) is 14.4 Å². The predicted octanol–water partition coefficient (Wildman–Crippen LogP) is 3.94. The Morgan fingerprint density at radius 1 is 1.15 bits per heavy atom. The van der Waals surface area contributed by atoms with Crippen LogP contribution in [0.4, 0.5) is 0 Å². The van der Waals surface area contributed by atoms with Crippen LogP contribution in [0.15, 0.2) is 27.4 Å². The first-order valence-corrected chi connectivity index (χ1v) is 9.07. The number of esters is 2. The molecule has 0 fully saturated rings. The van der Waals surface area contributed by atoms with Gasteiger partial charge >= 0.3 is 17.6 Å². The molecule has 2 rings (SSSR count). The number of fused-ring (bicyclic) bond motifs is 1. The molecule has 0 N–H and O–H groups in total. The van der Waals surface area contributed by atoms with Crippen LogP contribution in [0, 0.1) is 12.3 Å².